The fourth-order valence-corrected chi connectivity index (χ4v) is 2.42. The van der Waals surface area contributed by atoms with Crippen LogP contribution in [0, 0.1) is 0 Å². The van der Waals surface area contributed by atoms with Crippen molar-refractivity contribution in [2.75, 3.05) is 0 Å². The molecule has 3 rings (SSSR count). The monoisotopic (exact) mass is 332 g/mol. The molecule has 1 aliphatic rings. The molecule has 1 heterocycles. The molecule has 20 heavy (non-hydrogen) atoms. The highest BCUT2D eigenvalue weighted by atomic mass is 79.9. The smallest absolute Gasteiger partial charge is 0.123 e. The minimum absolute atomic E-state index is 0.568. The molecular formula is C16H17BrN2O. The third-order valence-electron chi connectivity index (χ3n) is 3.23. The van der Waals surface area contributed by atoms with Crippen LogP contribution in [-0.4, -0.2) is 11.0 Å². The summed E-state index contributed by atoms with van der Waals surface area (Å²) in [5.41, 5.74) is 2.18. The molecule has 1 saturated carbocycles. The van der Waals surface area contributed by atoms with Crippen LogP contribution in [0.3, 0.4) is 0 Å². The van der Waals surface area contributed by atoms with Gasteiger partial charge < -0.3 is 10.1 Å². The number of hydrogen-bond acceptors (Lipinski definition) is 3. The second kappa shape index (κ2) is 6.37. The molecule has 0 amide bonds. The van der Waals surface area contributed by atoms with Gasteiger partial charge >= 0.3 is 0 Å². The number of aromatic nitrogens is 1. The fraction of sp³-hybridized carbons (Fsp3) is 0.312. The number of halogens is 1. The van der Waals surface area contributed by atoms with E-state index in [1.165, 1.54) is 12.8 Å². The second-order valence-corrected chi connectivity index (χ2v) is 5.97. The minimum Gasteiger partial charge on any atom is -0.489 e. The van der Waals surface area contributed by atoms with E-state index in [-0.39, 0.29) is 0 Å². The summed E-state index contributed by atoms with van der Waals surface area (Å²) >= 11 is 3.47. The van der Waals surface area contributed by atoms with Gasteiger partial charge in [0.2, 0.25) is 0 Å². The number of hydrogen-bond donors (Lipinski definition) is 1. The highest BCUT2D eigenvalue weighted by Crippen LogP contribution is 2.20. The zero-order valence-corrected chi connectivity index (χ0v) is 12.8. The molecule has 0 bridgehead atoms. The lowest BCUT2D eigenvalue weighted by Crippen LogP contribution is -2.16. The van der Waals surface area contributed by atoms with E-state index in [0.717, 1.165) is 28.0 Å². The molecule has 3 nitrogen and oxygen atoms in total. The van der Waals surface area contributed by atoms with Crippen molar-refractivity contribution in [3.05, 3.63) is 58.3 Å². The number of benzene rings is 1. The average Bonchev–Trinajstić information content (AvgIpc) is 3.28. The Morgan fingerprint density at radius 2 is 2.15 bits per heavy atom. The Labute approximate surface area is 127 Å². The van der Waals surface area contributed by atoms with Crippen molar-refractivity contribution in [3.8, 4) is 5.75 Å². The molecule has 1 aliphatic carbocycles. The molecule has 104 valence electrons. The highest BCUT2D eigenvalue weighted by Gasteiger charge is 2.20. The number of rotatable bonds is 6. The van der Waals surface area contributed by atoms with E-state index in [2.05, 4.69) is 38.4 Å². The Bertz CT molecular complexity index is 584. The van der Waals surface area contributed by atoms with Crippen LogP contribution >= 0.6 is 15.9 Å². The lowest BCUT2D eigenvalue weighted by molar-refractivity contribution is 0.305. The van der Waals surface area contributed by atoms with Gasteiger partial charge in [-0.15, -0.1) is 0 Å². The molecule has 2 aromatic rings. The fourth-order valence-electron chi connectivity index (χ4n) is 1.97. The molecule has 0 atom stereocenters. The Hall–Kier alpha value is -1.39. The summed E-state index contributed by atoms with van der Waals surface area (Å²) in [6, 6.07) is 12.8. The van der Waals surface area contributed by atoms with E-state index in [1.807, 2.05) is 24.3 Å². The van der Waals surface area contributed by atoms with Gasteiger partial charge in [0.15, 0.2) is 0 Å². The van der Waals surface area contributed by atoms with Crippen LogP contribution in [0.2, 0.25) is 0 Å². The largest absolute Gasteiger partial charge is 0.489 e. The van der Waals surface area contributed by atoms with Crippen molar-refractivity contribution in [1.82, 2.24) is 10.3 Å². The van der Waals surface area contributed by atoms with Gasteiger partial charge in [0.1, 0.15) is 12.4 Å². The number of nitrogens with zero attached hydrogens (tertiary/aromatic N) is 1. The van der Waals surface area contributed by atoms with Gasteiger partial charge in [-0.3, -0.25) is 4.98 Å². The van der Waals surface area contributed by atoms with Crippen LogP contribution in [0.4, 0.5) is 0 Å². The van der Waals surface area contributed by atoms with E-state index in [0.29, 0.717) is 12.6 Å². The molecule has 1 aromatic carbocycles. The average molecular weight is 333 g/mol. The summed E-state index contributed by atoms with van der Waals surface area (Å²) in [7, 11) is 0. The standard InChI is InChI=1S/C16H17BrN2O/c17-13-3-1-2-12(8-13)11-20-16-6-7-18-15(9-16)10-19-14-4-5-14/h1-3,6-9,14,19H,4-5,10-11H2. The van der Waals surface area contributed by atoms with Crippen molar-refractivity contribution in [3.63, 3.8) is 0 Å². The summed E-state index contributed by atoms with van der Waals surface area (Å²) in [5.74, 6) is 0.868. The van der Waals surface area contributed by atoms with Crippen molar-refractivity contribution in [1.29, 1.82) is 0 Å². The zero-order valence-electron chi connectivity index (χ0n) is 11.2. The Morgan fingerprint density at radius 1 is 1.25 bits per heavy atom. The third kappa shape index (κ3) is 4.05. The highest BCUT2D eigenvalue weighted by molar-refractivity contribution is 9.10. The predicted octanol–water partition coefficient (Wildman–Crippen LogP) is 3.68. The molecule has 0 aliphatic heterocycles. The van der Waals surface area contributed by atoms with Gasteiger partial charge in [0.25, 0.3) is 0 Å². The summed E-state index contributed by atoms with van der Waals surface area (Å²) in [6.45, 7) is 1.39. The van der Waals surface area contributed by atoms with Crippen LogP contribution in [0.15, 0.2) is 47.1 Å². The van der Waals surface area contributed by atoms with E-state index in [9.17, 15) is 0 Å². The first-order valence-corrected chi connectivity index (χ1v) is 7.64. The van der Waals surface area contributed by atoms with Crippen LogP contribution in [0.1, 0.15) is 24.1 Å². The maximum absolute atomic E-state index is 5.82. The normalized spacial score (nSPS) is 14.2. The van der Waals surface area contributed by atoms with Crippen LogP contribution in [0.5, 0.6) is 5.75 Å². The maximum atomic E-state index is 5.82. The Kier molecular flexibility index (Phi) is 4.33. The first kappa shape index (κ1) is 13.6. The lowest BCUT2D eigenvalue weighted by Gasteiger charge is -2.08. The first-order valence-electron chi connectivity index (χ1n) is 6.85. The van der Waals surface area contributed by atoms with Crippen LogP contribution < -0.4 is 10.1 Å². The third-order valence-corrected chi connectivity index (χ3v) is 3.73. The SMILES string of the molecule is Brc1cccc(COc2ccnc(CNC3CC3)c2)c1. The van der Waals surface area contributed by atoms with Gasteiger partial charge in [-0.2, -0.15) is 0 Å². The molecule has 1 N–H and O–H groups in total. The Balaban J connectivity index is 1.57. The van der Waals surface area contributed by atoms with Crippen molar-refractivity contribution >= 4 is 15.9 Å². The molecule has 0 radical (unpaired) electrons. The van der Waals surface area contributed by atoms with Gasteiger partial charge in [-0.25, -0.2) is 0 Å². The Morgan fingerprint density at radius 3 is 2.95 bits per heavy atom. The second-order valence-electron chi connectivity index (χ2n) is 5.06. The van der Waals surface area contributed by atoms with E-state index in [1.54, 1.807) is 6.20 Å². The van der Waals surface area contributed by atoms with Crippen molar-refractivity contribution in [2.24, 2.45) is 0 Å². The number of ether oxygens (including phenoxy) is 1. The first-order chi connectivity index (χ1) is 9.79. The number of nitrogens with one attached hydrogen (secondary N) is 1. The predicted molar refractivity (Wildman–Crippen MR) is 82.6 cm³/mol. The van der Waals surface area contributed by atoms with Gasteiger partial charge in [0.05, 0.1) is 5.69 Å². The number of pyridine rings is 1. The van der Waals surface area contributed by atoms with E-state index in [4.69, 9.17) is 4.74 Å². The van der Waals surface area contributed by atoms with Crippen LogP contribution in [-0.2, 0) is 13.2 Å². The van der Waals surface area contributed by atoms with Gasteiger partial charge in [-0.1, -0.05) is 28.1 Å². The zero-order chi connectivity index (χ0) is 13.8. The quantitative estimate of drug-likeness (QED) is 0.876. The lowest BCUT2D eigenvalue weighted by atomic mass is 10.2. The molecule has 4 heteroatoms. The molecule has 0 spiro atoms. The van der Waals surface area contributed by atoms with E-state index >= 15 is 0 Å². The van der Waals surface area contributed by atoms with Crippen molar-refractivity contribution in [2.45, 2.75) is 32.0 Å². The van der Waals surface area contributed by atoms with Gasteiger partial charge in [-0.05, 0) is 36.6 Å². The van der Waals surface area contributed by atoms with Crippen LogP contribution in [0.25, 0.3) is 0 Å². The molecule has 1 fully saturated rings. The molecule has 1 aromatic heterocycles. The van der Waals surface area contributed by atoms with Crippen molar-refractivity contribution < 1.29 is 4.74 Å². The van der Waals surface area contributed by atoms with E-state index < -0.39 is 0 Å². The van der Waals surface area contributed by atoms with Gasteiger partial charge in [0, 0.05) is 29.3 Å². The summed E-state index contributed by atoms with van der Waals surface area (Å²) < 4.78 is 6.89. The molecule has 0 saturated heterocycles. The summed E-state index contributed by atoms with van der Waals surface area (Å²) in [6.07, 6.45) is 4.39. The summed E-state index contributed by atoms with van der Waals surface area (Å²) in [4.78, 5) is 4.36. The minimum atomic E-state index is 0.568. The summed E-state index contributed by atoms with van der Waals surface area (Å²) in [5, 5.41) is 3.46. The maximum Gasteiger partial charge on any atom is 0.123 e. The molecular weight excluding hydrogens is 316 g/mol. The topological polar surface area (TPSA) is 34.1 Å². The molecule has 0 unspecified atom stereocenters.